The van der Waals surface area contributed by atoms with E-state index < -0.39 is 0 Å². The highest BCUT2D eigenvalue weighted by atomic mass is 16.5. The zero-order valence-corrected chi connectivity index (χ0v) is 14.6. The summed E-state index contributed by atoms with van der Waals surface area (Å²) in [4.78, 5) is 20.6. The van der Waals surface area contributed by atoms with Crippen molar-refractivity contribution >= 4 is 5.71 Å². The lowest BCUT2D eigenvalue weighted by Crippen LogP contribution is -2.31. The van der Waals surface area contributed by atoms with Crippen LogP contribution in [0.3, 0.4) is 0 Å². The van der Waals surface area contributed by atoms with Gasteiger partial charge in [-0.1, -0.05) is 0 Å². The predicted octanol–water partition coefficient (Wildman–Crippen LogP) is 2.41. The predicted molar refractivity (Wildman–Crippen MR) is 95.9 cm³/mol. The molecule has 0 radical (unpaired) electrons. The number of fused-ring (bicyclic) bond motifs is 1. The van der Waals surface area contributed by atoms with Crippen LogP contribution < -0.4 is 4.74 Å². The van der Waals surface area contributed by atoms with Crippen LogP contribution >= 0.6 is 0 Å². The van der Waals surface area contributed by atoms with Gasteiger partial charge in [0, 0.05) is 50.6 Å². The second-order valence-corrected chi connectivity index (χ2v) is 6.64. The van der Waals surface area contributed by atoms with Crippen LogP contribution in [-0.2, 0) is 19.5 Å². The Labute approximate surface area is 148 Å². The number of aromatic nitrogens is 3. The highest BCUT2D eigenvalue weighted by Crippen LogP contribution is 2.21. The van der Waals surface area contributed by atoms with Gasteiger partial charge in [-0.15, -0.1) is 0 Å². The lowest BCUT2D eigenvalue weighted by molar-refractivity contribution is 0.242. The molecule has 0 saturated carbocycles. The first kappa shape index (κ1) is 16.1. The molecule has 2 aliphatic heterocycles. The first-order valence-corrected chi connectivity index (χ1v) is 8.90. The molecular formula is C19H23N5O. The fraction of sp³-hybridized carbons (Fsp3) is 0.474. The van der Waals surface area contributed by atoms with Crippen molar-refractivity contribution in [3.8, 4) is 5.75 Å². The van der Waals surface area contributed by atoms with E-state index in [2.05, 4.69) is 19.9 Å². The van der Waals surface area contributed by atoms with E-state index in [1.807, 2.05) is 18.5 Å². The topological polar surface area (TPSA) is 63.5 Å². The molecule has 0 saturated heterocycles. The van der Waals surface area contributed by atoms with Crippen molar-refractivity contribution in [3.63, 3.8) is 0 Å². The Bertz CT molecular complexity index is 789. The maximum absolute atomic E-state index is 5.26. The van der Waals surface area contributed by atoms with E-state index in [0.29, 0.717) is 0 Å². The highest BCUT2D eigenvalue weighted by Gasteiger charge is 2.20. The number of nitrogens with zero attached hydrogens (tertiary/aromatic N) is 5. The Morgan fingerprint density at radius 1 is 1.16 bits per heavy atom. The molecule has 0 N–H and O–H groups in total. The van der Waals surface area contributed by atoms with Crippen LogP contribution in [0, 0.1) is 0 Å². The third-order valence-electron chi connectivity index (χ3n) is 4.81. The average Bonchev–Trinajstić information content (AvgIpc) is 2.68. The van der Waals surface area contributed by atoms with Crippen molar-refractivity contribution in [3.05, 3.63) is 47.3 Å². The molecule has 0 fully saturated rings. The minimum atomic E-state index is 0.802. The summed E-state index contributed by atoms with van der Waals surface area (Å²) in [6.45, 7) is 3.64. The molecule has 25 heavy (non-hydrogen) atoms. The number of hydrogen-bond donors (Lipinski definition) is 0. The van der Waals surface area contributed by atoms with Gasteiger partial charge >= 0.3 is 0 Å². The SMILES string of the molecule is COc1cncc(CN2CCc3nc(C4=NCCCC4)ncc3C2)c1. The molecule has 6 nitrogen and oxygen atoms in total. The third kappa shape index (κ3) is 3.69. The minimum Gasteiger partial charge on any atom is -0.495 e. The maximum Gasteiger partial charge on any atom is 0.173 e. The fourth-order valence-corrected chi connectivity index (χ4v) is 3.45. The van der Waals surface area contributed by atoms with Crippen LogP contribution in [-0.4, -0.2) is 45.8 Å². The molecule has 2 aromatic heterocycles. The van der Waals surface area contributed by atoms with Crippen LogP contribution in [0.1, 0.15) is 41.9 Å². The second kappa shape index (κ2) is 7.27. The third-order valence-corrected chi connectivity index (χ3v) is 4.81. The number of hydrogen-bond acceptors (Lipinski definition) is 6. The monoisotopic (exact) mass is 337 g/mol. The molecule has 2 aliphatic rings. The summed E-state index contributed by atoms with van der Waals surface area (Å²) in [7, 11) is 1.67. The molecule has 0 atom stereocenters. The number of pyridine rings is 1. The van der Waals surface area contributed by atoms with Gasteiger partial charge in [-0.25, -0.2) is 9.97 Å². The summed E-state index contributed by atoms with van der Waals surface area (Å²) in [5.41, 5.74) is 4.65. The van der Waals surface area contributed by atoms with E-state index in [1.54, 1.807) is 13.3 Å². The molecule has 0 aliphatic carbocycles. The van der Waals surface area contributed by atoms with E-state index in [0.717, 1.165) is 61.9 Å². The first-order chi connectivity index (χ1) is 12.3. The van der Waals surface area contributed by atoms with Crippen LogP contribution in [0.15, 0.2) is 29.6 Å². The summed E-state index contributed by atoms with van der Waals surface area (Å²) in [5, 5.41) is 0. The van der Waals surface area contributed by atoms with E-state index >= 15 is 0 Å². The standard InChI is InChI=1S/C19H23N5O/c1-25-16-8-14(9-20-11-16)12-24-7-5-17-15(13-24)10-22-19(23-17)18-4-2-3-6-21-18/h8-11H,2-7,12-13H2,1H3. The van der Waals surface area contributed by atoms with E-state index in [1.165, 1.54) is 24.1 Å². The number of methoxy groups -OCH3 is 1. The molecule has 6 heteroatoms. The van der Waals surface area contributed by atoms with Crippen molar-refractivity contribution in [2.45, 2.75) is 38.8 Å². The number of ether oxygens (including phenoxy) is 1. The Morgan fingerprint density at radius 2 is 2.12 bits per heavy atom. The summed E-state index contributed by atoms with van der Waals surface area (Å²) in [6, 6.07) is 2.04. The molecule has 2 aromatic rings. The highest BCUT2D eigenvalue weighted by molar-refractivity contribution is 5.97. The Kier molecular flexibility index (Phi) is 4.70. The summed E-state index contributed by atoms with van der Waals surface area (Å²) < 4.78 is 5.26. The molecule has 0 unspecified atom stereocenters. The molecule has 130 valence electrons. The number of rotatable bonds is 4. The average molecular weight is 337 g/mol. The van der Waals surface area contributed by atoms with Gasteiger partial charge in [-0.3, -0.25) is 14.9 Å². The van der Waals surface area contributed by atoms with Gasteiger partial charge in [0.15, 0.2) is 5.82 Å². The normalized spacial score (nSPS) is 17.7. The molecule has 0 amide bonds. The van der Waals surface area contributed by atoms with Gasteiger partial charge in [-0.05, 0) is 30.9 Å². The van der Waals surface area contributed by atoms with E-state index in [9.17, 15) is 0 Å². The zero-order valence-electron chi connectivity index (χ0n) is 14.6. The lowest BCUT2D eigenvalue weighted by Gasteiger charge is -2.28. The second-order valence-electron chi connectivity index (χ2n) is 6.64. The van der Waals surface area contributed by atoms with Crippen molar-refractivity contribution < 1.29 is 4.74 Å². The van der Waals surface area contributed by atoms with Gasteiger partial charge in [-0.2, -0.15) is 0 Å². The molecular weight excluding hydrogens is 314 g/mol. The van der Waals surface area contributed by atoms with Crippen LogP contribution in [0.25, 0.3) is 0 Å². The van der Waals surface area contributed by atoms with Crippen molar-refractivity contribution in [2.24, 2.45) is 4.99 Å². The van der Waals surface area contributed by atoms with Gasteiger partial charge in [0.1, 0.15) is 5.75 Å². The molecule has 0 aromatic carbocycles. The largest absolute Gasteiger partial charge is 0.495 e. The van der Waals surface area contributed by atoms with Gasteiger partial charge in [0.25, 0.3) is 0 Å². The molecule has 0 bridgehead atoms. The van der Waals surface area contributed by atoms with Gasteiger partial charge < -0.3 is 4.74 Å². The summed E-state index contributed by atoms with van der Waals surface area (Å²) in [6.07, 6.45) is 9.97. The van der Waals surface area contributed by atoms with Crippen molar-refractivity contribution in [1.29, 1.82) is 0 Å². The van der Waals surface area contributed by atoms with Gasteiger partial charge in [0.05, 0.1) is 24.7 Å². The van der Waals surface area contributed by atoms with E-state index in [4.69, 9.17) is 9.72 Å². The lowest BCUT2D eigenvalue weighted by atomic mass is 10.0. The smallest absolute Gasteiger partial charge is 0.173 e. The Hall–Kier alpha value is -2.34. The fourth-order valence-electron chi connectivity index (χ4n) is 3.45. The minimum absolute atomic E-state index is 0.802. The van der Waals surface area contributed by atoms with Gasteiger partial charge in [0.2, 0.25) is 0 Å². The van der Waals surface area contributed by atoms with Crippen LogP contribution in [0.2, 0.25) is 0 Å². The molecule has 4 rings (SSSR count). The van der Waals surface area contributed by atoms with Crippen LogP contribution in [0.5, 0.6) is 5.75 Å². The number of aliphatic imine (C=N–C) groups is 1. The molecule has 0 spiro atoms. The first-order valence-electron chi connectivity index (χ1n) is 8.90. The zero-order chi connectivity index (χ0) is 17.1. The van der Waals surface area contributed by atoms with E-state index in [-0.39, 0.29) is 0 Å². The maximum atomic E-state index is 5.26. The summed E-state index contributed by atoms with van der Waals surface area (Å²) in [5.74, 6) is 1.64. The Morgan fingerprint density at radius 3 is 2.96 bits per heavy atom. The van der Waals surface area contributed by atoms with Crippen LogP contribution in [0.4, 0.5) is 0 Å². The van der Waals surface area contributed by atoms with Crippen molar-refractivity contribution in [1.82, 2.24) is 19.9 Å². The quantitative estimate of drug-likeness (QED) is 0.857. The van der Waals surface area contributed by atoms with Crippen molar-refractivity contribution in [2.75, 3.05) is 20.2 Å². The molecule has 4 heterocycles. The Balaban J connectivity index is 1.47. The summed E-state index contributed by atoms with van der Waals surface area (Å²) >= 11 is 0.